The fraction of sp³-hybridized carbons (Fsp3) is 0.370. The normalized spacial score (nSPS) is 18.5. The number of fused-ring (bicyclic) bond motifs is 2. The van der Waals surface area contributed by atoms with E-state index in [1.165, 1.54) is 17.3 Å². The van der Waals surface area contributed by atoms with Crippen molar-refractivity contribution >= 4 is 40.1 Å². The lowest BCUT2D eigenvalue weighted by Crippen LogP contribution is -2.44. The summed E-state index contributed by atoms with van der Waals surface area (Å²) in [6, 6.07) is 7.84. The molecule has 1 aliphatic carbocycles. The van der Waals surface area contributed by atoms with E-state index in [2.05, 4.69) is 25.9 Å². The Kier molecular flexibility index (Phi) is 6.38. The molecule has 0 saturated carbocycles. The first-order chi connectivity index (χ1) is 18.0. The molecule has 0 radical (unpaired) electrons. The quantitative estimate of drug-likeness (QED) is 0.396. The van der Waals surface area contributed by atoms with Crippen LogP contribution in [0.2, 0.25) is 5.02 Å². The van der Waals surface area contributed by atoms with Gasteiger partial charge in [-0.1, -0.05) is 36.4 Å². The van der Waals surface area contributed by atoms with Crippen molar-refractivity contribution in [2.45, 2.75) is 55.1 Å². The van der Waals surface area contributed by atoms with E-state index >= 15 is 0 Å². The summed E-state index contributed by atoms with van der Waals surface area (Å²) >= 11 is 8.08. The van der Waals surface area contributed by atoms with Gasteiger partial charge in [0.2, 0.25) is 0 Å². The molecule has 6 rings (SSSR count). The van der Waals surface area contributed by atoms with E-state index < -0.39 is 0 Å². The molecule has 2 aliphatic rings. The molecule has 1 spiro atoms. The Morgan fingerprint density at radius 3 is 2.70 bits per heavy atom. The van der Waals surface area contributed by atoms with Crippen molar-refractivity contribution in [1.82, 2.24) is 24.5 Å². The van der Waals surface area contributed by atoms with Crippen molar-refractivity contribution in [2.24, 2.45) is 11.1 Å². The first-order valence-corrected chi connectivity index (χ1v) is 13.8. The van der Waals surface area contributed by atoms with E-state index in [1.807, 2.05) is 37.5 Å². The molecule has 1 atom stereocenters. The predicted molar refractivity (Wildman–Crippen MR) is 146 cm³/mol. The number of benzene rings is 1. The Balaban J connectivity index is 1.16. The summed E-state index contributed by atoms with van der Waals surface area (Å²) in [6.45, 7) is 4.40. The van der Waals surface area contributed by atoms with Crippen LogP contribution in [0.5, 0.6) is 0 Å². The lowest BCUT2D eigenvalue weighted by atomic mass is 9.73. The van der Waals surface area contributed by atoms with E-state index in [0.29, 0.717) is 22.5 Å². The smallest absolute Gasteiger partial charge is 0.262 e. The maximum Gasteiger partial charge on any atom is 0.262 e. The highest BCUT2D eigenvalue weighted by atomic mass is 35.5. The number of hydrogen-bond donors (Lipinski definition) is 1. The molecule has 1 aliphatic heterocycles. The zero-order chi connectivity index (χ0) is 25.6. The van der Waals surface area contributed by atoms with Crippen molar-refractivity contribution in [2.75, 3.05) is 18.0 Å². The number of nitrogens with two attached hydrogens (primary N) is 1. The monoisotopic (exact) mass is 533 g/mol. The number of aromatic nitrogens is 5. The fourth-order valence-electron chi connectivity index (χ4n) is 5.63. The minimum Gasteiger partial charge on any atom is -0.355 e. The zero-order valence-electron chi connectivity index (χ0n) is 20.6. The number of piperidine rings is 1. The molecule has 4 aromatic rings. The van der Waals surface area contributed by atoms with E-state index in [-0.39, 0.29) is 17.0 Å². The number of nitrogens with zero attached hydrogens (tertiary/aromatic N) is 6. The number of aryl methyl sites for hydroxylation is 1. The summed E-state index contributed by atoms with van der Waals surface area (Å²) in [6.07, 6.45) is 10.8. The fourth-order valence-corrected chi connectivity index (χ4v) is 6.75. The Morgan fingerprint density at radius 2 is 1.97 bits per heavy atom. The van der Waals surface area contributed by atoms with E-state index in [0.717, 1.165) is 60.2 Å². The lowest BCUT2D eigenvalue weighted by Gasteiger charge is -2.42. The number of pyridine rings is 1. The van der Waals surface area contributed by atoms with Gasteiger partial charge in [-0.3, -0.25) is 14.3 Å². The molecule has 190 valence electrons. The highest BCUT2D eigenvalue weighted by Crippen LogP contribution is 2.50. The van der Waals surface area contributed by atoms with Crippen LogP contribution < -0.4 is 16.2 Å². The SMILES string of the molecule is CCCn1cnc2ccc(Sc3cnc(N4CCC5(CC4)Cc4ncccc4C5N)cn3)c(Cl)c2c1=O. The van der Waals surface area contributed by atoms with Gasteiger partial charge in [0.1, 0.15) is 10.8 Å². The second-order valence-corrected chi connectivity index (χ2v) is 11.3. The van der Waals surface area contributed by atoms with E-state index in [1.54, 1.807) is 17.1 Å². The maximum atomic E-state index is 12.9. The topological polar surface area (TPSA) is 103 Å². The first kappa shape index (κ1) is 24.3. The van der Waals surface area contributed by atoms with Gasteiger partial charge in [0.05, 0.1) is 34.6 Å². The van der Waals surface area contributed by atoms with Crippen molar-refractivity contribution in [3.05, 3.63) is 75.8 Å². The second-order valence-electron chi connectivity index (χ2n) is 9.87. The van der Waals surface area contributed by atoms with Crippen LogP contribution in [0.15, 0.2) is 63.9 Å². The van der Waals surface area contributed by atoms with Gasteiger partial charge in [-0.25, -0.2) is 15.0 Å². The summed E-state index contributed by atoms with van der Waals surface area (Å²) in [7, 11) is 0. The molecule has 2 N–H and O–H groups in total. The van der Waals surface area contributed by atoms with Crippen LogP contribution in [0.4, 0.5) is 5.82 Å². The highest BCUT2D eigenvalue weighted by molar-refractivity contribution is 7.99. The van der Waals surface area contributed by atoms with Gasteiger partial charge in [-0.15, -0.1) is 0 Å². The summed E-state index contributed by atoms with van der Waals surface area (Å²) < 4.78 is 1.60. The highest BCUT2D eigenvalue weighted by Gasteiger charge is 2.46. The van der Waals surface area contributed by atoms with Crippen molar-refractivity contribution in [1.29, 1.82) is 0 Å². The summed E-state index contributed by atoms with van der Waals surface area (Å²) in [5.74, 6) is 0.859. The third-order valence-electron chi connectivity index (χ3n) is 7.71. The Hall–Kier alpha value is -3.01. The zero-order valence-corrected chi connectivity index (χ0v) is 22.2. The predicted octanol–water partition coefficient (Wildman–Crippen LogP) is 4.64. The summed E-state index contributed by atoms with van der Waals surface area (Å²) in [5, 5.41) is 1.56. The molecule has 1 saturated heterocycles. The molecule has 3 aromatic heterocycles. The average molecular weight is 534 g/mol. The minimum atomic E-state index is -0.121. The van der Waals surface area contributed by atoms with Crippen molar-refractivity contribution < 1.29 is 0 Å². The van der Waals surface area contributed by atoms with Crippen LogP contribution in [0.3, 0.4) is 0 Å². The van der Waals surface area contributed by atoms with E-state index in [9.17, 15) is 4.79 Å². The first-order valence-electron chi connectivity index (χ1n) is 12.6. The van der Waals surface area contributed by atoms with Crippen LogP contribution in [-0.4, -0.2) is 37.6 Å². The third kappa shape index (κ3) is 4.28. The van der Waals surface area contributed by atoms with Crippen molar-refractivity contribution in [3.8, 4) is 0 Å². The van der Waals surface area contributed by atoms with Gasteiger partial charge >= 0.3 is 0 Å². The Bertz CT molecular complexity index is 1520. The maximum absolute atomic E-state index is 12.9. The minimum absolute atomic E-state index is 0.0381. The van der Waals surface area contributed by atoms with Crippen LogP contribution in [0, 0.1) is 5.41 Å². The van der Waals surface area contributed by atoms with E-state index in [4.69, 9.17) is 22.3 Å². The lowest BCUT2D eigenvalue weighted by molar-refractivity contribution is 0.186. The molecule has 10 heteroatoms. The largest absolute Gasteiger partial charge is 0.355 e. The van der Waals surface area contributed by atoms with Crippen molar-refractivity contribution in [3.63, 3.8) is 0 Å². The van der Waals surface area contributed by atoms with Gasteiger partial charge in [0, 0.05) is 42.5 Å². The summed E-state index contributed by atoms with van der Waals surface area (Å²) in [4.78, 5) is 34.3. The van der Waals surface area contributed by atoms with Gasteiger partial charge in [-0.05, 0) is 54.9 Å². The van der Waals surface area contributed by atoms with Crippen LogP contribution in [0.1, 0.15) is 43.5 Å². The molecule has 1 aromatic carbocycles. The number of anilines is 1. The molecular formula is C27H28ClN7OS. The number of rotatable bonds is 5. The van der Waals surface area contributed by atoms with Crippen LogP contribution >= 0.6 is 23.4 Å². The molecule has 1 fully saturated rings. The third-order valence-corrected chi connectivity index (χ3v) is 9.20. The molecule has 1 unspecified atom stereocenters. The standard InChI is InChI=1S/C27H28ClN7OS/c1-2-10-35-16-33-18-5-6-20(24(28)23(18)26(35)36)37-22-15-31-21(14-32-22)34-11-7-27(8-12-34)13-19-17(25(27)29)4-3-9-30-19/h3-6,9,14-16,25H,2,7-8,10-13,29H2,1H3. The molecule has 0 bridgehead atoms. The van der Waals surface area contributed by atoms with Gasteiger partial charge in [-0.2, -0.15) is 0 Å². The van der Waals surface area contributed by atoms with Crippen LogP contribution in [-0.2, 0) is 13.0 Å². The van der Waals surface area contributed by atoms with Gasteiger partial charge in [0.15, 0.2) is 0 Å². The van der Waals surface area contributed by atoms with Crippen LogP contribution in [0.25, 0.3) is 10.9 Å². The molecule has 37 heavy (non-hydrogen) atoms. The average Bonchev–Trinajstić information content (AvgIpc) is 3.19. The summed E-state index contributed by atoms with van der Waals surface area (Å²) in [5.41, 5.74) is 9.59. The molecule has 8 nitrogen and oxygen atoms in total. The number of hydrogen-bond acceptors (Lipinski definition) is 8. The number of halogens is 1. The Morgan fingerprint density at radius 1 is 1.14 bits per heavy atom. The molecule has 0 amide bonds. The molecular weight excluding hydrogens is 506 g/mol. The molecule has 4 heterocycles. The van der Waals surface area contributed by atoms with Gasteiger partial charge in [0.25, 0.3) is 5.56 Å². The van der Waals surface area contributed by atoms with Gasteiger partial charge < -0.3 is 10.6 Å². The Labute approximate surface area is 224 Å². The second kappa shape index (κ2) is 9.70.